The number of fused-ring (bicyclic) bond motifs is 1. The van der Waals surface area contributed by atoms with Crippen LogP contribution in [0.4, 0.5) is 20.4 Å². The number of anilines is 2. The minimum absolute atomic E-state index is 0.00184. The van der Waals surface area contributed by atoms with Gasteiger partial charge >= 0.3 is 0 Å². The smallest absolute Gasteiger partial charge is 0.253 e. The average Bonchev–Trinajstić information content (AvgIpc) is 2.88. The third-order valence-corrected chi connectivity index (χ3v) is 9.70. The molecule has 0 unspecified atom stereocenters. The Morgan fingerprint density at radius 3 is 2.69 bits per heavy atom. The molecule has 188 valence electrons. The summed E-state index contributed by atoms with van der Waals surface area (Å²) < 4.78 is 28.4. The van der Waals surface area contributed by atoms with Crippen molar-refractivity contribution in [1.82, 2.24) is 14.9 Å². The number of carbonyl (C=O) groups is 1. The lowest BCUT2D eigenvalue weighted by atomic mass is 10.1. The molecule has 2 aliphatic rings. The second kappa shape index (κ2) is 9.83. The van der Waals surface area contributed by atoms with Crippen molar-refractivity contribution in [2.45, 2.75) is 6.54 Å². The van der Waals surface area contributed by atoms with Crippen LogP contribution < -0.4 is 10.2 Å². The van der Waals surface area contributed by atoms with Crippen molar-refractivity contribution in [1.29, 1.82) is 0 Å². The Balaban J connectivity index is 1.42. The number of hydrogen-bond acceptors (Lipinski definition) is 5. The molecule has 36 heavy (non-hydrogen) atoms. The van der Waals surface area contributed by atoms with E-state index >= 15 is 0 Å². The highest BCUT2D eigenvalue weighted by atomic mass is 35.5. The Kier molecular flexibility index (Phi) is 6.75. The maximum atomic E-state index is 14.5. The van der Waals surface area contributed by atoms with E-state index in [-0.39, 0.29) is 23.0 Å². The predicted molar refractivity (Wildman–Crippen MR) is 144 cm³/mol. The lowest BCUT2D eigenvalue weighted by Gasteiger charge is -2.34. The largest absolute Gasteiger partial charge is 0.365 e. The SMILES string of the molecule is C=P1(C)CCN(C(=O)c2cccc(-c3cnc4c(n3)N(Cc3c(F)ccc(F)c3Cl)CCN4)c2)CC1. The second-order valence-electron chi connectivity index (χ2n) is 9.54. The Morgan fingerprint density at radius 2 is 1.92 bits per heavy atom. The van der Waals surface area contributed by atoms with Crippen molar-refractivity contribution in [3.05, 3.63) is 70.4 Å². The second-order valence-corrected chi connectivity index (χ2v) is 14.0. The monoisotopic (exact) mass is 529 g/mol. The summed E-state index contributed by atoms with van der Waals surface area (Å²) in [6, 6.07) is 9.45. The molecule has 2 aromatic carbocycles. The molecule has 1 fully saturated rings. The van der Waals surface area contributed by atoms with Gasteiger partial charge in [0.05, 0.1) is 16.9 Å². The molecule has 0 saturated carbocycles. The highest BCUT2D eigenvalue weighted by Crippen LogP contribution is 2.42. The third-order valence-electron chi connectivity index (χ3n) is 6.73. The molecule has 0 bridgehead atoms. The molecule has 6 nitrogen and oxygen atoms in total. The van der Waals surface area contributed by atoms with E-state index < -0.39 is 18.5 Å². The van der Waals surface area contributed by atoms with Crippen molar-refractivity contribution in [3.63, 3.8) is 0 Å². The van der Waals surface area contributed by atoms with Gasteiger partial charge in [-0.25, -0.2) is 18.7 Å². The third kappa shape index (κ3) is 4.97. The first-order valence-corrected chi connectivity index (χ1v) is 15.0. The number of halogens is 3. The normalized spacial score (nSPS) is 16.9. The molecule has 1 aromatic heterocycles. The van der Waals surface area contributed by atoms with Crippen LogP contribution in [0.5, 0.6) is 0 Å². The standard InChI is InChI=1S/C26H27ClF2N5OP/c1-36(2)12-10-33(11-13-36)26(35)18-5-3-4-17(14-18)22-15-31-24-25(32-22)34(9-8-30-24)16-19-20(28)6-7-21(29)23(19)27/h3-7,14-15H,1,8-13,16H2,2H3,(H,30,31). The molecule has 0 radical (unpaired) electrons. The zero-order valence-corrected chi connectivity index (χ0v) is 21.6. The molecule has 0 aliphatic carbocycles. The summed E-state index contributed by atoms with van der Waals surface area (Å²) in [5.41, 5.74) is 2.01. The van der Waals surface area contributed by atoms with Crippen molar-refractivity contribution in [2.75, 3.05) is 55.4 Å². The Hall–Kier alpha value is -2.96. The summed E-state index contributed by atoms with van der Waals surface area (Å²) in [7, 11) is 0. The number of amides is 1. The molecular formula is C26H27ClF2N5OP. The first kappa shape index (κ1) is 24.7. The maximum Gasteiger partial charge on any atom is 0.253 e. The van der Waals surface area contributed by atoms with E-state index in [0.29, 0.717) is 36.0 Å². The lowest BCUT2D eigenvalue weighted by Crippen LogP contribution is -2.39. The zero-order chi connectivity index (χ0) is 25.4. The van der Waals surface area contributed by atoms with Crippen LogP contribution in [-0.2, 0) is 6.54 Å². The number of rotatable bonds is 4. The van der Waals surface area contributed by atoms with Crippen LogP contribution in [0.2, 0.25) is 5.02 Å². The van der Waals surface area contributed by atoms with Crippen molar-refractivity contribution in [2.24, 2.45) is 0 Å². The fourth-order valence-corrected chi connectivity index (χ4v) is 6.37. The van der Waals surface area contributed by atoms with Crippen LogP contribution >= 0.6 is 18.5 Å². The molecule has 1 amide bonds. The van der Waals surface area contributed by atoms with Gasteiger partial charge in [0.2, 0.25) is 0 Å². The maximum absolute atomic E-state index is 14.5. The first-order chi connectivity index (χ1) is 17.2. The van der Waals surface area contributed by atoms with Gasteiger partial charge in [-0.15, -0.1) is 13.2 Å². The number of benzene rings is 2. The Bertz CT molecular complexity index is 1370. The molecule has 0 spiro atoms. The minimum atomic E-state index is -1.14. The molecule has 3 heterocycles. The van der Waals surface area contributed by atoms with Crippen LogP contribution in [-0.4, -0.2) is 72.2 Å². The van der Waals surface area contributed by atoms with Gasteiger partial charge < -0.3 is 15.1 Å². The van der Waals surface area contributed by atoms with E-state index in [0.717, 1.165) is 43.1 Å². The van der Waals surface area contributed by atoms with Gasteiger partial charge in [0.15, 0.2) is 11.6 Å². The van der Waals surface area contributed by atoms with Crippen molar-refractivity contribution in [3.8, 4) is 11.3 Å². The van der Waals surface area contributed by atoms with E-state index in [1.54, 1.807) is 6.20 Å². The lowest BCUT2D eigenvalue weighted by molar-refractivity contribution is 0.0771. The topological polar surface area (TPSA) is 61.4 Å². The van der Waals surface area contributed by atoms with Gasteiger partial charge in [0, 0.05) is 49.4 Å². The average molecular weight is 530 g/mol. The van der Waals surface area contributed by atoms with E-state index in [9.17, 15) is 13.6 Å². The predicted octanol–water partition coefficient (Wildman–Crippen LogP) is 5.04. The first-order valence-electron chi connectivity index (χ1n) is 11.8. The number of hydrogen-bond donors (Lipinski definition) is 1. The summed E-state index contributed by atoms with van der Waals surface area (Å²) in [6.45, 7) is 3.70. The van der Waals surface area contributed by atoms with Gasteiger partial charge in [0.25, 0.3) is 5.91 Å². The van der Waals surface area contributed by atoms with Crippen LogP contribution in [0.25, 0.3) is 11.3 Å². The quantitative estimate of drug-likeness (QED) is 0.379. The van der Waals surface area contributed by atoms with Gasteiger partial charge in [0.1, 0.15) is 11.6 Å². The molecule has 10 heteroatoms. The summed E-state index contributed by atoms with van der Waals surface area (Å²) in [4.78, 5) is 26.2. The highest BCUT2D eigenvalue weighted by Gasteiger charge is 2.25. The number of carbonyl (C=O) groups excluding carboxylic acids is 1. The van der Waals surface area contributed by atoms with Crippen LogP contribution in [0.3, 0.4) is 0 Å². The van der Waals surface area contributed by atoms with Crippen LogP contribution in [0.1, 0.15) is 15.9 Å². The number of nitrogens with one attached hydrogen (secondary N) is 1. The van der Waals surface area contributed by atoms with Crippen LogP contribution in [0, 0.1) is 11.6 Å². The fraction of sp³-hybridized carbons (Fsp3) is 0.308. The van der Waals surface area contributed by atoms with Gasteiger partial charge in [-0.2, -0.15) is 0 Å². The van der Waals surface area contributed by atoms with Gasteiger partial charge in [-0.1, -0.05) is 23.7 Å². The Labute approximate surface area is 214 Å². The molecule has 5 rings (SSSR count). The molecule has 3 aromatic rings. The molecule has 1 N–H and O–H groups in total. The molecular weight excluding hydrogens is 503 g/mol. The highest BCUT2D eigenvalue weighted by molar-refractivity contribution is 7.73. The molecule has 0 atom stereocenters. The summed E-state index contributed by atoms with van der Waals surface area (Å²) in [5, 5.41) is 2.97. The van der Waals surface area contributed by atoms with Gasteiger partial charge in [-0.05, 0) is 43.3 Å². The summed E-state index contributed by atoms with van der Waals surface area (Å²) in [5.74, 6) is -0.166. The van der Waals surface area contributed by atoms with Crippen molar-refractivity contribution < 1.29 is 13.6 Å². The van der Waals surface area contributed by atoms with E-state index in [1.807, 2.05) is 34.1 Å². The molecule has 2 aliphatic heterocycles. The number of aromatic nitrogens is 2. The summed E-state index contributed by atoms with van der Waals surface area (Å²) >= 11 is 6.07. The van der Waals surface area contributed by atoms with E-state index in [1.165, 1.54) is 0 Å². The van der Waals surface area contributed by atoms with E-state index in [2.05, 4.69) is 23.3 Å². The number of nitrogens with zero attached hydrogens (tertiary/aromatic N) is 4. The minimum Gasteiger partial charge on any atom is -0.365 e. The van der Waals surface area contributed by atoms with E-state index in [4.69, 9.17) is 16.6 Å². The van der Waals surface area contributed by atoms with Crippen LogP contribution in [0.15, 0.2) is 42.6 Å². The summed E-state index contributed by atoms with van der Waals surface area (Å²) in [6.07, 6.45) is 7.94. The van der Waals surface area contributed by atoms with Crippen molar-refractivity contribution >= 4 is 42.3 Å². The Morgan fingerprint density at radius 1 is 1.17 bits per heavy atom. The van der Waals surface area contributed by atoms with Gasteiger partial charge in [-0.3, -0.25) is 4.79 Å². The zero-order valence-electron chi connectivity index (χ0n) is 20.0. The molecule has 1 saturated heterocycles. The fourth-order valence-electron chi connectivity index (χ4n) is 4.48.